The van der Waals surface area contributed by atoms with Crippen LogP contribution in [-0.4, -0.2) is 37.5 Å². The van der Waals surface area contributed by atoms with E-state index in [1.165, 1.54) is 0 Å². The Hall–Kier alpha value is -3.29. The Morgan fingerprint density at radius 3 is 2.67 bits per heavy atom. The van der Waals surface area contributed by atoms with Gasteiger partial charge in [0.25, 0.3) is 0 Å². The lowest BCUT2D eigenvalue weighted by Crippen LogP contribution is -2.43. The van der Waals surface area contributed by atoms with Gasteiger partial charge in [0, 0.05) is 29.2 Å². The largest absolute Gasteiger partial charge is 0.497 e. The highest BCUT2D eigenvalue weighted by Crippen LogP contribution is 2.33. The van der Waals surface area contributed by atoms with Crippen molar-refractivity contribution in [3.8, 4) is 11.5 Å². The molecule has 1 atom stereocenters. The third-order valence-corrected chi connectivity index (χ3v) is 8.10. The van der Waals surface area contributed by atoms with Gasteiger partial charge in [0.1, 0.15) is 18.1 Å². The number of ether oxygens (including phenoxy) is 2. The normalized spacial score (nSPS) is 16.7. The number of methoxy groups -OCH3 is 1. The van der Waals surface area contributed by atoms with Crippen molar-refractivity contribution in [1.29, 1.82) is 0 Å². The Morgan fingerprint density at radius 1 is 1.09 bits per heavy atom. The smallest absolute Gasteiger partial charge is 0.243 e. The SMILES string of the molecule is COc1ccc2c(c1)CN(S(=O)(=O)c1ccc(C)cc1)[C@@H](Cc1c[nH]c3ccccc13)CO2. The highest BCUT2D eigenvalue weighted by molar-refractivity contribution is 7.89. The fourth-order valence-corrected chi connectivity index (χ4v) is 5.94. The van der Waals surface area contributed by atoms with Crippen LogP contribution in [0.4, 0.5) is 0 Å². The minimum atomic E-state index is -3.77. The van der Waals surface area contributed by atoms with Crippen LogP contribution in [0.1, 0.15) is 16.7 Å². The molecule has 2 heterocycles. The van der Waals surface area contributed by atoms with Crippen molar-refractivity contribution in [3.63, 3.8) is 0 Å². The van der Waals surface area contributed by atoms with Gasteiger partial charge in [-0.3, -0.25) is 0 Å². The van der Waals surface area contributed by atoms with Crippen LogP contribution in [-0.2, 0) is 23.0 Å². The van der Waals surface area contributed by atoms with E-state index in [0.717, 1.165) is 27.6 Å². The Kier molecular flexibility index (Phi) is 5.60. The molecule has 5 rings (SSSR count). The van der Waals surface area contributed by atoms with Crippen LogP contribution in [0.2, 0.25) is 0 Å². The zero-order valence-electron chi connectivity index (χ0n) is 18.6. The molecule has 0 spiro atoms. The van der Waals surface area contributed by atoms with Gasteiger partial charge in [0.05, 0.1) is 18.0 Å². The molecule has 0 radical (unpaired) electrons. The van der Waals surface area contributed by atoms with Gasteiger partial charge in [-0.15, -0.1) is 0 Å². The van der Waals surface area contributed by atoms with E-state index >= 15 is 0 Å². The van der Waals surface area contributed by atoms with Gasteiger partial charge in [-0.1, -0.05) is 35.9 Å². The molecular formula is C26H26N2O4S. The Bertz CT molecular complexity index is 1390. The number of nitrogens with one attached hydrogen (secondary N) is 1. The van der Waals surface area contributed by atoms with Gasteiger partial charge < -0.3 is 14.5 Å². The number of hydrogen-bond donors (Lipinski definition) is 1. The standard InChI is InChI=1S/C26H26N2O4S/c1-18-7-10-23(11-8-18)33(29,30)28-16-20-14-22(31-2)9-12-26(20)32-17-21(28)13-19-15-27-25-6-4-3-5-24(19)25/h3-12,14-15,21,27H,13,16-17H2,1-2H3/t21-/m0/s1. The number of benzene rings is 3. The molecule has 33 heavy (non-hydrogen) atoms. The molecular weight excluding hydrogens is 436 g/mol. The summed E-state index contributed by atoms with van der Waals surface area (Å²) in [5, 5.41) is 1.09. The third-order valence-electron chi connectivity index (χ3n) is 6.19. The van der Waals surface area contributed by atoms with Crippen molar-refractivity contribution < 1.29 is 17.9 Å². The number of H-pyrrole nitrogens is 1. The molecule has 1 aliphatic heterocycles. The summed E-state index contributed by atoms with van der Waals surface area (Å²) >= 11 is 0. The van der Waals surface area contributed by atoms with Gasteiger partial charge in [0.15, 0.2) is 0 Å². The van der Waals surface area contributed by atoms with Crippen molar-refractivity contribution in [2.75, 3.05) is 13.7 Å². The van der Waals surface area contributed by atoms with Crippen LogP contribution >= 0.6 is 0 Å². The number of sulfonamides is 1. The zero-order chi connectivity index (χ0) is 23.0. The van der Waals surface area contributed by atoms with Gasteiger partial charge in [-0.05, 0) is 55.3 Å². The summed E-state index contributed by atoms with van der Waals surface area (Å²) in [6.45, 7) is 2.40. The van der Waals surface area contributed by atoms with Gasteiger partial charge in [-0.25, -0.2) is 8.42 Å². The van der Waals surface area contributed by atoms with Gasteiger partial charge >= 0.3 is 0 Å². The van der Waals surface area contributed by atoms with Crippen LogP contribution in [0.3, 0.4) is 0 Å². The summed E-state index contributed by atoms with van der Waals surface area (Å²) in [6.07, 6.45) is 2.49. The van der Waals surface area contributed by atoms with E-state index in [2.05, 4.69) is 11.1 Å². The van der Waals surface area contributed by atoms with Crippen molar-refractivity contribution in [1.82, 2.24) is 9.29 Å². The topological polar surface area (TPSA) is 71.6 Å². The summed E-state index contributed by atoms with van der Waals surface area (Å²) in [5.74, 6) is 1.35. The summed E-state index contributed by atoms with van der Waals surface area (Å²) in [5.41, 5.74) is 3.89. The Labute approximate surface area is 193 Å². The van der Waals surface area contributed by atoms with Crippen molar-refractivity contribution >= 4 is 20.9 Å². The van der Waals surface area contributed by atoms with Gasteiger partial charge in [0.2, 0.25) is 10.0 Å². The highest BCUT2D eigenvalue weighted by Gasteiger charge is 2.35. The molecule has 3 aromatic carbocycles. The predicted molar refractivity (Wildman–Crippen MR) is 128 cm³/mol. The first kappa shape index (κ1) is 21.6. The monoisotopic (exact) mass is 462 g/mol. The first-order chi connectivity index (χ1) is 16.0. The number of hydrogen-bond acceptors (Lipinski definition) is 4. The van der Waals surface area contributed by atoms with Crippen LogP contribution in [0.25, 0.3) is 10.9 Å². The zero-order valence-corrected chi connectivity index (χ0v) is 19.4. The quantitative estimate of drug-likeness (QED) is 0.468. The molecule has 1 aromatic heterocycles. The number of fused-ring (bicyclic) bond motifs is 2. The molecule has 170 valence electrons. The predicted octanol–water partition coefficient (Wildman–Crippen LogP) is 4.68. The van der Waals surface area contributed by atoms with Gasteiger partial charge in [-0.2, -0.15) is 4.31 Å². The molecule has 6 nitrogen and oxygen atoms in total. The molecule has 0 amide bonds. The number of para-hydroxylation sites is 1. The first-order valence-electron chi connectivity index (χ1n) is 10.9. The maximum Gasteiger partial charge on any atom is 0.243 e. The van der Waals surface area contributed by atoms with Crippen LogP contribution in [0.5, 0.6) is 11.5 Å². The first-order valence-corrected chi connectivity index (χ1v) is 12.3. The lowest BCUT2D eigenvalue weighted by Gasteiger charge is -2.28. The average molecular weight is 463 g/mol. The Balaban J connectivity index is 1.57. The second-order valence-electron chi connectivity index (χ2n) is 8.37. The number of aromatic nitrogens is 1. The number of aryl methyl sites for hydroxylation is 1. The molecule has 7 heteroatoms. The lowest BCUT2D eigenvalue weighted by atomic mass is 10.1. The number of rotatable bonds is 5. The fraction of sp³-hybridized carbons (Fsp3) is 0.231. The molecule has 1 N–H and O–H groups in total. The minimum Gasteiger partial charge on any atom is -0.497 e. The van der Waals surface area contributed by atoms with E-state index in [1.54, 1.807) is 23.5 Å². The molecule has 0 aliphatic carbocycles. The highest BCUT2D eigenvalue weighted by atomic mass is 32.2. The summed E-state index contributed by atoms with van der Waals surface area (Å²) in [7, 11) is -2.17. The second kappa shape index (κ2) is 8.57. The summed E-state index contributed by atoms with van der Waals surface area (Å²) in [6, 6.07) is 20.2. The molecule has 0 unspecified atom stereocenters. The third kappa shape index (κ3) is 4.10. The molecule has 0 bridgehead atoms. The van der Waals surface area contributed by atoms with E-state index < -0.39 is 10.0 Å². The average Bonchev–Trinajstić information content (AvgIpc) is 3.13. The maximum absolute atomic E-state index is 13.8. The van der Waals surface area contributed by atoms with Crippen molar-refractivity contribution in [2.45, 2.75) is 30.8 Å². The number of nitrogens with zero attached hydrogens (tertiary/aromatic N) is 1. The maximum atomic E-state index is 13.8. The Morgan fingerprint density at radius 2 is 1.88 bits per heavy atom. The van der Waals surface area contributed by atoms with Crippen molar-refractivity contribution in [2.24, 2.45) is 0 Å². The van der Waals surface area contributed by atoms with Crippen LogP contribution in [0.15, 0.2) is 77.8 Å². The van der Waals surface area contributed by atoms with Crippen LogP contribution < -0.4 is 9.47 Å². The summed E-state index contributed by atoms with van der Waals surface area (Å²) in [4.78, 5) is 3.57. The van der Waals surface area contributed by atoms with E-state index in [9.17, 15) is 8.42 Å². The summed E-state index contributed by atoms with van der Waals surface area (Å²) < 4.78 is 40.8. The molecule has 0 fully saturated rings. The molecule has 1 aliphatic rings. The number of aromatic amines is 1. The van der Waals surface area contributed by atoms with Crippen molar-refractivity contribution in [3.05, 3.63) is 89.6 Å². The lowest BCUT2D eigenvalue weighted by molar-refractivity contribution is 0.219. The molecule has 0 saturated carbocycles. The fourth-order valence-electron chi connectivity index (χ4n) is 4.36. The molecule has 4 aromatic rings. The van der Waals surface area contributed by atoms with Crippen LogP contribution in [0, 0.1) is 6.92 Å². The molecule has 0 saturated heterocycles. The van der Waals surface area contributed by atoms with E-state index in [1.807, 2.05) is 61.7 Å². The second-order valence-corrected chi connectivity index (χ2v) is 10.3. The van der Waals surface area contributed by atoms with E-state index in [4.69, 9.17) is 9.47 Å². The minimum absolute atomic E-state index is 0.204. The van der Waals surface area contributed by atoms with E-state index in [-0.39, 0.29) is 24.1 Å². The van der Waals surface area contributed by atoms with E-state index in [0.29, 0.717) is 17.9 Å².